The third kappa shape index (κ3) is 21.9. The van der Waals surface area contributed by atoms with Gasteiger partial charge in [0.1, 0.15) is 0 Å². The molecule has 0 saturated heterocycles. The molecule has 0 saturated carbocycles. The second kappa shape index (κ2) is 17.7. The molecule has 2 N–H and O–H groups in total. The van der Waals surface area contributed by atoms with Crippen molar-refractivity contribution >= 4 is 10.1 Å². The van der Waals surface area contributed by atoms with Gasteiger partial charge in [0.05, 0.1) is 12.9 Å². The van der Waals surface area contributed by atoms with Crippen LogP contribution in [0.15, 0.2) is 0 Å². The lowest BCUT2D eigenvalue weighted by molar-refractivity contribution is 0.309. The van der Waals surface area contributed by atoms with Gasteiger partial charge in [-0.15, -0.1) is 0 Å². The van der Waals surface area contributed by atoms with Gasteiger partial charge in [-0.05, 0) is 19.4 Å². The zero-order chi connectivity index (χ0) is 17.9. The van der Waals surface area contributed by atoms with E-state index < -0.39 is 10.1 Å². The van der Waals surface area contributed by atoms with Crippen LogP contribution in [-0.4, -0.2) is 27.8 Å². The van der Waals surface area contributed by atoms with E-state index in [0.717, 1.165) is 25.6 Å². The van der Waals surface area contributed by atoms with Crippen LogP contribution < -0.4 is 5.73 Å². The normalized spacial score (nSPS) is 11.9. The van der Waals surface area contributed by atoms with Gasteiger partial charge in [-0.25, -0.2) is 0 Å². The molecule has 5 heteroatoms. The monoisotopic (exact) mass is 363 g/mol. The van der Waals surface area contributed by atoms with Crippen LogP contribution in [0.5, 0.6) is 0 Å². The zero-order valence-electron chi connectivity index (χ0n) is 15.9. The van der Waals surface area contributed by atoms with E-state index in [-0.39, 0.29) is 0 Å². The van der Waals surface area contributed by atoms with E-state index >= 15 is 0 Å². The summed E-state index contributed by atoms with van der Waals surface area (Å²) < 4.78 is 26.3. The Morgan fingerprint density at radius 3 is 1.17 bits per heavy atom. The second-order valence-corrected chi connectivity index (χ2v) is 8.62. The standard InChI is InChI=1S/C19H41NO3S/c1-24(21,22)23-19-17-15-13-11-9-7-5-3-2-4-6-8-10-12-14-16-18-20/h2-20H2,1H3. The van der Waals surface area contributed by atoms with Crippen LogP contribution in [0.3, 0.4) is 0 Å². The molecule has 0 aromatic carbocycles. The van der Waals surface area contributed by atoms with Crippen molar-refractivity contribution in [2.75, 3.05) is 19.4 Å². The number of hydrogen-bond acceptors (Lipinski definition) is 4. The van der Waals surface area contributed by atoms with Gasteiger partial charge >= 0.3 is 0 Å². The maximum atomic E-state index is 10.8. The Hall–Kier alpha value is -0.130. The molecule has 0 bridgehead atoms. The highest BCUT2D eigenvalue weighted by Crippen LogP contribution is 2.13. The average molecular weight is 364 g/mol. The van der Waals surface area contributed by atoms with Crippen molar-refractivity contribution in [3.05, 3.63) is 0 Å². The van der Waals surface area contributed by atoms with Crippen molar-refractivity contribution in [2.45, 2.75) is 103 Å². The van der Waals surface area contributed by atoms with Crippen LogP contribution >= 0.6 is 0 Å². The third-order valence-electron chi connectivity index (χ3n) is 4.40. The Morgan fingerprint density at radius 1 is 0.583 bits per heavy atom. The summed E-state index contributed by atoms with van der Waals surface area (Å²) in [5.41, 5.74) is 5.48. The molecule has 0 atom stereocenters. The van der Waals surface area contributed by atoms with Crippen LogP contribution in [-0.2, 0) is 14.3 Å². The number of nitrogens with two attached hydrogens (primary N) is 1. The highest BCUT2D eigenvalue weighted by atomic mass is 32.2. The minimum absolute atomic E-state index is 0.339. The number of rotatable bonds is 19. The van der Waals surface area contributed by atoms with Crippen molar-refractivity contribution in [3.8, 4) is 0 Å². The molecule has 0 fully saturated rings. The molecule has 0 amide bonds. The topological polar surface area (TPSA) is 69.4 Å². The third-order valence-corrected chi connectivity index (χ3v) is 4.99. The average Bonchev–Trinajstić information content (AvgIpc) is 2.52. The van der Waals surface area contributed by atoms with Crippen LogP contribution in [0.2, 0.25) is 0 Å². The molecule has 0 aliphatic carbocycles. The summed E-state index contributed by atoms with van der Waals surface area (Å²) in [6.45, 7) is 1.18. The first-order valence-corrected chi connectivity index (χ1v) is 11.9. The predicted octanol–water partition coefficient (Wildman–Crippen LogP) is 5.16. The minimum atomic E-state index is -3.25. The summed E-state index contributed by atoms with van der Waals surface area (Å²) >= 11 is 0. The van der Waals surface area contributed by atoms with E-state index in [0.29, 0.717) is 6.61 Å². The van der Waals surface area contributed by atoms with Crippen molar-refractivity contribution in [3.63, 3.8) is 0 Å². The van der Waals surface area contributed by atoms with Crippen LogP contribution in [0.4, 0.5) is 0 Å². The van der Waals surface area contributed by atoms with E-state index in [9.17, 15) is 8.42 Å². The summed E-state index contributed by atoms with van der Waals surface area (Å²) in [5.74, 6) is 0. The van der Waals surface area contributed by atoms with E-state index in [2.05, 4.69) is 0 Å². The van der Waals surface area contributed by atoms with Crippen LogP contribution in [0, 0.1) is 0 Å². The Labute approximate surface area is 151 Å². The van der Waals surface area contributed by atoms with E-state index in [4.69, 9.17) is 9.92 Å². The molecule has 0 unspecified atom stereocenters. The quantitative estimate of drug-likeness (QED) is 0.254. The molecule has 0 aromatic heterocycles. The van der Waals surface area contributed by atoms with E-state index in [1.54, 1.807) is 0 Å². The summed E-state index contributed by atoms with van der Waals surface area (Å²) in [6, 6.07) is 0. The molecule has 0 rings (SSSR count). The molecule has 0 aromatic rings. The zero-order valence-corrected chi connectivity index (χ0v) is 16.8. The van der Waals surface area contributed by atoms with Gasteiger partial charge in [-0.2, -0.15) is 8.42 Å². The van der Waals surface area contributed by atoms with Gasteiger partial charge in [0.2, 0.25) is 0 Å². The molecular weight excluding hydrogens is 322 g/mol. The summed E-state index contributed by atoms with van der Waals surface area (Å²) in [6.07, 6.45) is 21.7. The van der Waals surface area contributed by atoms with Crippen molar-refractivity contribution in [1.82, 2.24) is 0 Å². The Morgan fingerprint density at radius 2 is 0.875 bits per heavy atom. The smallest absolute Gasteiger partial charge is 0.264 e. The lowest BCUT2D eigenvalue weighted by atomic mass is 10.0. The fraction of sp³-hybridized carbons (Fsp3) is 1.00. The Kier molecular flexibility index (Phi) is 17.6. The molecular formula is C19H41NO3S. The largest absolute Gasteiger partial charge is 0.330 e. The van der Waals surface area contributed by atoms with Gasteiger partial charge in [0.25, 0.3) is 10.1 Å². The van der Waals surface area contributed by atoms with Gasteiger partial charge in [0, 0.05) is 0 Å². The Bertz CT molecular complexity index is 345. The molecule has 0 radical (unpaired) electrons. The lowest BCUT2D eigenvalue weighted by Gasteiger charge is -2.04. The maximum Gasteiger partial charge on any atom is 0.264 e. The number of unbranched alkanes of at least 4 members (excludes halogenated alkanes) is 15. The van der Waals surface area contributed by atoms with Gasteiger partial charge in [-0.1, -0.05) is 89.9 Å². The lowest BCUT2D eigenvalue weighted by Crippen LogP contribution is -2.03. The molecule has 0 aliphatic heterocycles. The fourth-order valence-corrected chi connectivity index (χ4v) is 3.35. The first-order valence-electron chi connectivity index (χ1n) is 10.1. The van der Waals surface area contributed by atoms with Crippen molar-refractivity contribution < 1.29 is 12.6 Å². The summed E-state index contributed by atoms with van der Waals surface area (Å²) in [7, 11) is -3.25. The second-order valence-electron chi connectivity index (χ2n) is 6.97. The molecule has 4 nitrogen and oxygen atoms in total. The minimum Gasteiger partial charge on any atom is -0.330 e. The fourth-order valence-electron chi connectivity index (χ4n) is 2.93. The number of hydrogen-bond donors (Lipinski definition) is 1. The van der Waals surface area contributed by atoms with Crippen LogP contribution in [0.1, 0.15) is 103 Å². The predicted molar refractivity (Wildman–Crippen MR) is 104 cm³/mol. The summed E-state index contributed by atoms with van der Waals surface area (Å²) in [4.78, 5) is 0. The molecule has 146 valence electrons. The molecule has 0 heterocycles. The molecule has 0 aliphatic rings. The van der Waals surface area contributed by atoms with Gasteiger partial charge in [0.15, 0.2) is 0 Å². The van der Waals surface area contributed by atoms with E-state index in [1.807, 2.05) is 0 Å². The Balaban J connectivity index is 3.03. The van der Waals surface area contributed by atoms with Gasteiger partial charge < -0.3 is 5.73 Å². The summed E-state index contributed by atoms with van der Waals surface area (Å²) in [5, 5.41) is 0. The maximum absolute atomic E-state index is 10.8. The highest BCUT2D eigenvalue weighted by Gasteiger charge is 2.00. The van der Waals surface area contributed by atoms with Crippen molar-refractivity contribution in [2.24, 2.45) is 5.73 Å². The molecule has 0 spiro atoms. The molecule has 24 heavy (non-hydrogen) atoms. The van der Waals surface area contributed by atoms with Gasteiger partial charge in [-0.3, -0.25) is 4.18 Å². The first-order chi connectivity index (χ1) is 11.6. The van der Waals surface area contributed by atoms with E-state index in [1.165, 1.54) is 89.9 Å². The first kappa shape index (κ1) is 23.9. The SMILES string of the molecule is CS(=O)(=O)OCCCCCCCCCCCCCCCCCCN. The van der Waals surface area contributed by atoms with Crippen LogP contribution in [0.25, 0.3) is 0 Å². The highest BCUT2D eigenvalue weighted by molar-refractivity contribution is 7.85. The van der Waals surface area contributed by atoms with Crippen molar-refractivity contribution in [1.29, 1.82) is 0 Å².